The largest absolute Gasteiger partial charge is 0.341 e. The highest BCUT2D eigenvalue weighted by molar-refractivity contribution is 8.00. The number of benzene rings is 4. The van der Waals surface area contributed by atoms with Crippen molar-refractivity contribution < 1.29 is 9.59 Å². The van der Waals surface area contributed by atoms with Crippen LogP contribution in [-0.4, -0.2) is 29.0 Å². The lowest BCUT2D eigenvalue weighted by atomic mass is 9.97. The molecule has 0 spiro atoms. The van der Waals surface area contributed by atoms with E-state index in [9.17, 15) is 9.59 Å². The van der Waals surface area contributed by atoms with E-state index in [1.807, 2.05) is 77.7 Å². The van der Waals surface area contributed by atoms with Gasteiger partial charge in [0.25, 0.3) is 5.91 Å². The van der Waals surface area contributed by atoms with Crippen molar-refractivity contribution in [3.8, 4) is 0 Å². The van der Waals surface area contributed by atoms with Gasteiger partial charge in [-0.2, -0.15) is 0 Å². The molecule has 1 N–H and O–H groups in total. The first-order valence-electron chi connectivity index (χ1n) is 12.6. The number of thioether (sulfide) groups is 1. The van der Waals surface area contributed by atoms with Gasteiger partial charge in [0.1, 0.15) is 5.37 Å². The van der Waals surface area contributed by atoms with Crippen LogP contribution in [0.25, 0.3) is 0 Å². The molecule has 1 heterocycles. The minimum absolute atomic E-state index is 0.0297. The van der Waals surface area contributed by atoms with E-state index in [2.05, 4.69) is 48.6 Å². The first-order valence-corrected chi connectivity index (χ1v) is 13.6. The summed E-state index contributed by atoms with van der Waals surface area (Å²) in [5, 5.41) is 3.19. The highest BCUT2D eigenvalue weighted by atomic mass is 32.2. The minimum atomic E-state index is -0.245. The Bertz CT molecular complexity index is 1340. The van der Waals surface area contributed by atoms with Crippen LogP contribution in [0.4, 0.5) is 0 Å². The van der Waals surface area contributed by atoms with Crippen LogP contribution in [0.2, 0.25) is 0 Å². The number of nitrogens with zero attached hydrogens (tertiary/aromatic N) is 1. The van der Waals surface area contributed by atoms with E-state index in [0.717, 1.165) is 23.1 Å². The normalized spacial score (nSPS) is 16.0. The molecule has 186 valence electrons. The molecule has 5 rings (SSSR count). The molecular formula is C32H30N2O2S. The molecule has 0 aromatic heterocycles. The van der Waals surface area contributed by atoms with Gasteiger partial charge in [-0.05, 0) is 47.7 Å². The summed E-state index contributed by atoms with van der Waals surface area (Å²) in [5.74, 6) is 0.519. The number of amides is 2. The maximum Gasteiger partial charge on any atom is 0.252 e. The molecule has 0 saturated carbocycles. The molecule has 1 aliphatic heterocycles. The van der Waals surface area contributed by atoms with Crippen molar-refractivity contribution in [1.82, 2.24) is 10.2 Å². The Labute approximate surface area is 222 Å². The van der Waals surface area contributed by atoms with Crippen LogP contribution in [0.15, 0.2) is 109 Å². The predicted molar refractivity (Wildman–Crippen MR) is 150 cm³/mol. The summed E-state index contributed by atoms with van der Waals surface area (Å²) in [5.41, 5.74) is 6.11. The smallest absolute Gasteiger partial charge is 0.252 e. The molecule has 4 aromatic rings. The SMILES string of the molecule is Cc1ccc(C(NC(=O)c2ccc(C3SCC(=O)N3CCc3ccccc3)cc2)c2ccccc2)cc1. The average Bonchev–Trinajstić information content (AvgIpc) is 3.32. The topological polar surface area (TPSA) is 49.4 Å². The van der Waals surface area contributed by atoms with Crippen LogP contribution in [0.3, 0.4) is 0 Å². The third-order valence-corrected chi connectivity index (χ3v) is 7.99. The van der Waals surface area contributed by atoms with Crippen LogP contribution in [0, 0.1) is 6.92 Å². The van der Waals surface area contributed by atoms with E-state index in [1.54, 1.807) is 11.8 Å². The summed E-state index contributed by atoms with van der Waals surface area (Å²) in [7, 11) is 0. The van der Waals surface area contributed by atoms with Crippen LogP contribution in [0.1, 0.15) is 49.6 Å². The van der Waals surface area contributed by atoms with E-state index in [1.165, 1.54) is 11.1 Å². The first kappa shape index (κ1) is 24.8. The molecule has 2 atom stereocenters. The summed E-state index contributed by atoms with van der Waals surface area (Å²) in [6.07, 6.45) is 0.823. The summed E-state index contributed by atoms with van der Waals surface area (Å²) < 4.78 is 0. The zero-order valence-electron chi connectivity index (χ0n) is 20.8. The lowest BCUT2D eigenvalue weighted by molar-refractivity contribution is -0.128. The highest BCUT2D eigenvalue weighted by Gasteiger charge is 2.32. The van der Waals surface area contributed by atoms with E-state index in [0.29, 0.717) is 17.9 Å². The van der Waals surface area contributed by atoms with Crippen LogP contribution < -0.4 is 5.32 Å². The summed E-state index contributed by atoms with van der Waals surface area (Å²) in [4.78, 5) is 27.9. The Hall–Kier alpha value is -3.83. The quantitative estimate of drug-likeness (QED) is 0.304. The molecule has 1 fully saturated rings. The Balaban J connectivity index is 1.30. The van der Waals surface area contributed by atoms with E-state index in [-0.39, 0.29) is 23.2 Å². The second-order valence-corrected chi connectivity index (χ2v) is 10.4. The van der Waals surface area contributed by atoms with Gasteiger partial charge in [0.15, 0.2) is 0 Å². The van der Waals surface area contributed by atoms with Gasteiger partial charge in [-0.15, -0.1) is 11.8 Å². The molecule has 2 unspecified atom stereocenters. The highest BCUT2D eigenvalue weighted by Crippen LogP contribution is 2.38. The molecule has 2 amide bonds. The summed E-state index contributed by atoms with van der Waals surface area (Å²) in [6, 6.07) is 36.0. The standard InChI is InChI=1S/C32H30N2O2S/c1-23-12-14-26(15-13-23)30(25-10-6-3-7-11-25)33-31(36)27-16-18-28(19-17-27)32-34(29(35)22-37-32)21-20-24-8-4-2-5-9-24/h2-19,30,32H,20-22H2,1H3,(H,33,36). The molecular weight excluding hydrogens is 476 g/mol. The van der Waals surface area contributed by atoms with Crippen LogP contribution >= 0.6 is 11.8 Å². The Kier molecular flexibility index (Phi) is 7.71. The zero-order chi connectivity index (χ0) is 25.6. The van der Waals surface area contributed by atoms with Crippen molar-refractivity contribution in [2.45, 2.75) is 24.8 Å². The fourth-order valence-electron chi connectivity index (χ4n) is 4.64. The number of rotatable bonds is 8. The molecule has 4 nitrogen and oxygen atoms in total. The fraction of sp³-hybridized carbons (Fsp3) is 0.188. The van der Waals surface area contributed by atoms with Gasteiger partial charge >= 0.3 is 0 Å². The van der Waals surface area contributed by atoms with Crippen molar-refractivity contribution in [3.05, 3.63) is 143 Å². The van der Waals surface area contributed by atoms with Gasteiger partial charge < -0.3 is 10.2 Å². The van der Waals surface area contributed by atoms with E-state index < -0.39 is 0 Å². The third-order valence-electron chi connectivity index (χ3n) is 6.73. The van der Waals surface area contributed by atoms with Crippen molar-refractivity contribution in [2.24, 2.45) is 0 Å². The number of hydrogen-bond acceptors (Lipinski definition) is 3. The maximum atomic E-state index is 13.3. The average molecular weight is 507 g/mol. The van der Waals surface area contributed by atoms with Gasteiger partial charge in [0, 0.05) is 12.1 Å². The lowest BCUT2D eigenvalue weighted by Crippen LogP contribution is -2.30. The fourth-order valence-corrected chi connectivity index (χ4v) is 5.86. The summed E-state index contributed by atoms with van der Waals surface area (Å²) >= 11 is 1.64. The van der Waals surface area contributed by atoms with Crippen molar-refractivity contribution >= 4 is 23.6 Å². The molecule has 1 aliphatic rings. The maximum absolute atomic E-state index is 13.3. The molecule has 37 heavy (non-hydrogen) atoms. The number of carbonyl (C=O) groups excluding carboxylic acids is 2. The molecule has 0 bridgehead atoms. The van der Waals surface area contributed by atoms with Crippen molar-refractivity contribution in [3.63, 3.8) is 0 Å². The Morgan fingerprint density at radius 2 is 1.49 bits per heavy atom. The third kappa shape index (κ3) is 5.95. The number of aryl methyl sites for hydroxylation is 1. The zero-order valence-corrected chi connectivity index (χ0v) is 21.7. The van der Waals surface area contributed by atoms with E-state index in [4.69, 9.17) is 0 Å². The van der Waals surface area contributed by atoms with Crippen molar-refractivity contribution in [2.75, 3.05) is 12.3 Å². The van der Waals surface area contributed by atoms with Gasteiger partial charge in [-0.3, -0.25) is 9.59 Å². The molecule has 5 heteroatoms. The Morgan fingerprint density at radius 3 is 2.16 bits per heavy atom. The van der Waals surface area contributed by atoms with Gasteiger partial charge in [0.05, 0.1) is 11.8 Å². The second kappa shape index (κ2) is 11.5. The number of carbonyl (C=O) groups is 2. The molecule has 4 aromatic carbocycles. The Morgan fingerprint density at radius 1 is 0.865 bits per heavy atom. The molecule has 1 saturated heterocycles. The van der Waals surface area contributed by atoms with Crippen LogP contribution in [0.5, 0.6) is 0 Å². The molecule has 0 radical (unpaired) electrons. The van der Waals surface area contributed by atoms with Gasteiger partial charge in [0.2, 0.25) is 5.91 Å². The first-order chi connectivity index (χ1) is 18.1. The van der Waals surface area contributed by atoms with Gasteiger partial charge in [-0.25, -0.2) is 0 Å². The minimum Gasteiger partial charge on any atom is -0.341 e. The van der Waals surface area contributed by atoms with E-state index >= 15 is 0 Å². The number of hydrogen-bond donors (Lipinski definition) is 1. The van der Waals surface area contributed by atoms with Crippen LogP contribution in [-0.2, 0) is 11.2 Å². The summed E-state index contributed by atoms with van der Waals surface area (Å²) in [6.45, 7) is 2.73. The second-order valence-electron chi connectivity index (χ2n) is 9.34. The predicted octanol–water partition coefficient (Wildman–Crippen LogP) is 6.33. The van der Waals surface area contributed by atoms with Crippen molar-refractivity contribution in [1.29, 1.82) is 0 Å². The monoisotopic (exact) mass is 506 g/mol. The molecule has 0 aliphatic carbocycles. The lowest BCUT2D eigenvalue weighted by Gasteiger charge is -2.24. The number of nitrogens with one attached hydrogen (secondary N) is 1. The van der Waals surface area contributed by atoms with Gasteiger partial charge in [-0.1, -0.05) is 103 Å².